The van der Waals surface area contributed by atoms with E-state index in [0.717, 1.165) is 6.42 Å². The number of rotatable bonds is 25. The number of hydrogen-bond acceptors (Lipinski definition) is 11. The number of aldehydes is 1. The van der Waals surface area contributed by atoms with Crippen LogP contribution in [0, 0.1) is 10.8 Å². The van der Waals surface area contributed by atoms with E-state index in [-0.39, 0.29) is 56.7 Å². The molecule has 274 valence electrons. The maximum Gasteiger partial charge on any atom is 0.326 e. The summed E-state index contributed by atoms with van der Waals surface area (Å²) in [5, 5.41) is 37.5. The maximum atomic E-state index is 13.6. The standard InChI is InChI=1S/C29H57N13O6/c30-12-10-20(25(46)42-16-6-9-22(42)24(45)41-21(26(47)48)8-5-15-39-28(34)35)40-17-29(36,18-43)11-2-4-13-37-23(44)19(31)7-1-3-14-38-27(32)33/h18-22,40H,1-17,30-31,36H2,(H,37,44)(H,41,45)(H,47,48)(H4,32,33,38)(H4,34,35,39)/t19-,20-,21-,22-,29+/m0/s1. The molecule has 1 heterocycles. The molecule has 48 heavy (non-hydrogen) atoms. The monoisotopic (exact) mass is 683 g/mol. The van der Waals surface area contributed by atoms with Crippen molar-refractivity contribution in [1.82, 2.24) is 31.5 Å². The van der Waals surface area contributed by atoms with Crippen molar-refractivity contribution < 1.29 is 29.1 Å². The van der Waals surface area contributed by atoms with Gasteiger partial charge in [-0.3, -0.25) is 25.2 Å². The van der Waals surface area contributed by atoms with E-state index < -0.39 is 47.5 Å². The van der Waals surface area contributed by atoms with Crippen LogP contribution in [0.3, 0.4) is 0 Å². The maximum absolute atomic E-state index is 13.6. The van der Waals surface area contributed by atoms with Gasteiger partial charge in [-0.1, -0.05) is 0 Å². The van der Waals surface area contributed by atoms with E-state index in [0.29, 0.717) is 70.9 Å². The molecule has 0 radical (unpaired) electrons. The van der Waals surface area contributed by atoms with Crippen molar-refractivity contribution in [3.63, 3.8) is 0 Å². The van der Waals surface area contributed by atoms with E-state index >= 15 is 0 Å². The number of likely N-dealkylation sites (tertiary alicyclic amines) is 1. The highest BCUT2D eigenvalue weighted by atomic mass is 16.4. The fraction of sp³-hybridized carbons (Fsp3) is 0.759. The molecule has 0 aromatic heterocycles. The van der Waals surface area contributed by atoms with E-state index in [1.807, 2.05) is 0 Å². The van der Waals surface area contributed by atoms with Crippen LogP contribution in [-0.2, 0) is 24.0 Å². The molecule has 19 heteroatoms. The van der Waals surface area contributed by atoms with Crippen LogP contribution in [-0.4, -0.2) is 121 Å². The van der Waals surface area contributed by atoms with E-state index in [2.05, 4.69) is 26.6 Å². The third-order valence-corrected chi connectivity index (χ3v) is 8.07. The van der Waals surface area contributed by atoms with Crippen LogP contribution < -0.4 is 55.3 Å². The second kappa shape index (κ2) is 22.5. The van der Waals surface area contributed by atoms with Crippen molar-refractivity contribution in [3.05, 3.63) is 0 Å². The van der Waals surface area contributed by atoms with Crippen molar-refractivity contribution in [1.29, 1.82) is 10.8 Å². The summed E-state index contributed by atoms with van der Waals surface area (Å²) >= 11 is 0. The molecule has 0 aromatic carbocycles. The minimum atomic E-state index is -1.30. The van der Waals surface area contributed by atoms with Crippen molar-refractivity contribution in [3.8, 4) is 0 Å². The van der Waals surface area contributed by atoms with Gasteiger partial charge in [0.1, 0.15) is 18.4 Å². The molecule has 0 aromatic rings. The first kappa shape index (κ1) is 42.0. The molecular formula is C29H57N13O6. The van der Waals surface area contributed by atoms with Crippen LogP contribution >= 0.6 is 0 Å². The molecule has 1 aliphatic rings. The van der Waals surface area contributed by atoms with Crippen LogP contribution in [0.25, 0.3) is 0 Å². The smallest absolute Gasteiger partial charge is 0.326 e. The molecule has 1 fully saturated rings. The Kier molecular flexibility index (Phi) is 19.7. The minimum Gasteiger partial charge on any atom is -0.480 e. The number of carboxylic acids is 1. The Labute approximate surface area is 281 Å². The largest absolute Gasteiger partial charge is 0.480 e. The molecule has 18 N–H and O–H groups in total. The number of amides is 3. The Morgan fingerprint density at radius 1 is 0.917 bits per heavy atom. The van der Waals surface area contributed by atoms with Crippen molar-refractivity contribution in [2.45, 2.75) is 100 Å². The first-order chi connectivity index (χ1) is 22.7. The summed E-state index contributed by atoms with van der Waals surface area (Å²) in [6.45, 7) is 1.58. The Bertz CT molecular complexity index is 1080. The van der Waals surface area contributed by atoms with Crippen molar-refractivity contribution >= 4 is 41.9 Å². The normalized spacial score (nSPS) is 17.3. The van der Waals surface area contributed by atoms with Crippen molar-refractivity contribution in [2.75, 3.05) is 39.3 Å². The SMILES string of the molecule is N=C(N)NCCCC[C@H](N)C(=O)NCCCC[C@](N)(C=O)CN[C@@H](CCN)C(=O)N1CCC[C@H]1C(=O)N[C@@H](CCCNC(=N)N)C(=O)O. The van der Waals surface area contributed by atoms with Gasteiger partial charge in [0.25, 0.3) is 0 Å². The van der Waals surface area contributed by atoms with Gasteiger partial charge >= 0.3 is 5.97 Å². The Hall–Kier alpha value is -4.07. The molecule has 5 atom stereocenters. The fourth-order valence-electron chi connectivity index (χ4n) is 5.30. The van der Waals surface area contributed by atoms with Crippen LogP contribution in [0.15, 0.2) is 0 Å². The highest BCUT2D eigenvalue weighted by Gasteiger charge is 2.38. The first-order valence-corrected chi connectivity index (χ1v) is 16.5. The molecule has 0 unspecified atom stereocenters. The summed E-state index contributed by atoms with van der Waals surface area (Å²) < 4.78 is 0. The van der Waals surface area contributed by atoms with Gasteiger partial charge in [0.05, 0.1) is 17.6 Å². The molecule has 0 saturated carbocycles. The highest BCUT2D eigenvalue weighted by Crippen LogP contribution is 2.20. The lowest BCUT2D eigenvalue weighted by molar-refractivity contribution is -0.144. The third-order valence-electron chi connectivity index (χ3n) is 8.07. The van der Waals surface area contributed by atoms with Crippen LogP contribution in [0.2, 0.25) is 0 Å². The second-order valence-electron chi connectivity index (χ2n) is 12.1. The second-order valence-corrected chi connectivity index (χ2v) is 12.1. The minimum absolute atomic E-state index is 0.0251. The molecule has 1 saturated heterocycles. The van der Waals surface area contributed by atoms with Crippen molar-refractivity contribution in [2.24, 2.45) is 28.7 Å². The average molecular weight is 684 g/mol. The average Bonchev–Trinajstić information content (AvgIpc) is 3.53. The first-order valence-electron chi connectivity index (χ1n) is 16.5. The molecule has 19 nitrogen and oxygen atoms in total. The lowest BCUT2D eigenvalue weighted by Crippen LogP contribution is -2.58. The van der Waals surface area contributed by atoms with Crippen LogP contribution in [0.4, 0.5) is 0 Å². The van der Waals surface area contributed by atoms with Gasteiger partial charge in [0.2, 0.25) is 17.7 Å². The molecule has 1 rings (SSSR count). The summed E-state index contributed by atoms with van der Waals surface area (Å²) in [4.78, 5) is 64.1. The molecule has 3 amide bonds. The summed E-state index contributed by atoms with van der Waals surface area (Å²) in [6, 6.07) is -3.52. The topological polar surface area (TPSA) is 347 Å². The lowest BCUT2D eigenvalue weighted by Gasteiger charge is -2.31. The summed E-state index contributed by atoms with van der Waals surface area (Å²) in [7, 11) is 0. The Balaban J connectivity index is 2.61. The number of nitrogens with zero attached hydrogens (tertiary/aromatic N) is 1. The predicted molar refractivity (Wildman–Crippen MR) is 181 cm³/mol. The number of nitrogens with one attached hydrogen (secondary N) is 7. The van der Waals surface area contributed by atoms with Crippen LogP contribution in [0.1, 0.15) is 70.6 Å². The number of carboxylic acid groups (broad SMARTS) is 1. The number of hydrogen-bond donors (Lipinski definition) is 13. The molecule has 1 aliphatic heterocycles. The van der Waals surface area contributed by atoms with E-state index in [4.69, 9.17) is 39.5 Å². The number of unbranched alkanes of at least 4 members (excludes halogenated alkanes) is 2. The quantitative estimate of drug-likeness (QED) is 0.0190. The van der Waals surface area contributed by atoms with Gasteiger partial charge in [-0.2, -0.15) is 0 Å². The molecule has 0 spiro atoms. The van der Waals surface area contributed by atoms with E-state index in [1.165, 1.54) is 4.90 Å². The number of guanidine groups is 2. The summed E-state index contributed by atoms with van der Waals surface area (Å²) in [6.07, 6.45) is 5.47. The molecular weight excluding hydrogens is 626 g/mol. The zero-order chi connectivity index (χ0) is 36.1. The van der Waals surface area contributed by atoms with Gasteiger partial charge in [-0.05, 0) is 77.2 Å². The lowest BCUT2D eigenvalue weighted by atomic mass is 9.94. The number of aliphatic carboxylic acids is 1. The third kappa shape index (κ3) is 16.2. The van der Waals surface area contributed by atoms with Crippen LogP contribution in [0.5, 0.6) is 0 Å². The fourth-order valence-corrected chi connectivity index (χ4v) is 5.30. The van der Waals surface area contributed by atoms with Gasteiger partial charge in [-0.15, -0.1) is 0 Å². The number of nitrogens with two attached hydrogens (primary N) is 5. The highest BCUT2D eigenvalue weighted by molar-refractivity contribution is 5.92. The van der Waals surface area contributed by atoms with Gasteiger partial charge in [0, 0.05) is 32.7 Å². The summed E-state index contributed by atoms with van der Waals surface area (Å²) in [5.74, 6) is -2.79. The van der Waals surface area contributed by atoms with E-state index in [9.17, 15) is 29.1 Å². The summed E-state index contributed by atoms with van der Waals surface area (Å²) in [5.41, 5.74) is 27.2. The Morgan fingerprint density at radius 3 is 2.15 bits per heavy atom. The number of carbonyl (C=O) groups excluding carboxylic acids is 4. The van der Waals surface area contributed by atoms with Gasteiger partial charge in [-0.25, -0.2) is 4.79 Å². The molecule has 0 aliphatic carbocycles. The Morgan fingerprint density at radius 2 is 1.54 bits per heavy atom. The zero-order valence-electron chi connectivity index (χ0n) is 27.7. The molecule has 0 bridgehead atoms. The van der Waals surface area contributed by atoms with Gasteiger partial charge < -0.3 is 70.1 Å². The van der Waals surface area contributed by atoms with E-state index in [1.54, 1.807) is 0 Å². The van der Waals surface area contributed by atoms with Gasteiger partial charge in [0.15, 0.2) is 11.9 Å². The predicted octanol–water partition coefficient (Wildman–Crippen LogP) is -3.72. The number of carbonyl (C=O) groups is 5. The zero-order valence-corrected chi connectivity index (χ0v) is 27.7.